The molecule has 1 unspecified atom stereocenters. The van der Waals surface area contributed by atoms with E-state index >= 15 is 0 Å². The van der Waals surface area contributed by atoms with E-state index in [1.54, 1.807) is 4.90 Å². The van der Waals surface area contributed by atoms with Crippen molar-refractivity contribution in [2.24, 2.45) is 11.1 Å². The first-order chi connectivity index (χ1) is 9.93. The lowest BCUT2D eigenvalue weighted by atomic mass is 9.90. The Labute approximate surface area is 122 Å². The summed E-state index contributed by atoms with van der Waals surface area (Å²) >= 11 is 0. The summed E-state index contributed by atoms with van der Waals surface area (Å²) in [6, 6.07) is 5.67. The van der Waals surface area contributed by atoms with Crippen LogP contribution in [0.25, 0.3) is 0 Å². The minimum Gasteiger partial charge on any atom is -0.484 e. The molecule has 1 fully saturated rings. The van der Waals surface area contributed by atoms with Crippen LogP contribution < -0.4 is 10.5 Å². The third-order valence-corrected chi connectivity index (χ3v) is 3.81. The number of ether oxygens (including phenoxy) is 1. The predicted octanol–water partition coefficient (Wildman–Crippen LogP) is 1.17. The number of carbonyl (C=O) groups is 1. The third-order valence-electron chi connectivity index (χ3n) is 3.81. The van der Waals surface area contributed by atoms with E-state index in [4.69, 9.17) is 10.5 Å². The Morgan fingerprint density at radius 1 is 1.48 bits per heavy atom. The van der Waals surface area contributed by atoms with Gasteiger partial charge in [0.15, 0.2) is 6.61 Å². The van der Waals surface area contributed by atoms with Gasteiger partial charge in [-0.3, -0.25) is 14.9 Å². The van der Waals surface area contributed by atoms with E-state index in [9.17, 15) is 14.9 Å². The molecule has 1 aliphatic rings. The number of amides is 1. The monoisotopic (exact) mass is 293 g/mol. The smallest absolute Gasteiger partial charge is 0.269 e. The SMILES string of the molecule is CC1(CN)CCN(C(=O)COc2ccc([N+](=O)[O-])cc2)C1. The molecule has 0 radical (unpaired) electrons. The molecule has 0 bridgehead atoms. The lowest BCUT2D eigenvalue weighted by molar-refractivity contribution is -0.384. The van der Waals surface area contributed by atoms with E-state index in [1.165, 1.54) is 24.3 Å². The van der Waals surface area contributed by atoms with E-state index < -0.39 is 4.92 Å². The van der Waals surface area contributed by atoms with E-state index in [-0.39, 0.29) is 23.6 Å². The van der Waals surface area contributed by atoms with Crippen LogP contribution in [0.5, 0.6) is 5.75 Å². The zero-order valence-corrected chi connectivity index (χ0v) is 11.9. The predicted molar refractivity (Wildman–Crippen MR) is 76.9 cm³/mol. The highest BCUT2D eigenvalue weighted by molar-refractivity contribution is 5.78. The molecule has 1 aliphatic heterocycles. The molecule has 1 aromatic rings. The van der Waals surface area contributed by atoms with E-state index in [0.717, 1.165) is 6.42 Å². The maximum atomic E-state index is 12.0. The lowest BCUT2D eigenvalue weighted by Crippen LogP contribution is -2.36. The Hall–Kier alpha value is -2.15. The summed E-state index contributed by atoms with van der Waals surface area (Å²) in [5.74, 6) is 0.347. The maximum Gasteiger partial charge on any atom is 0.269 e. The number of nitrogens with zero attached hydrogens (tertiary/aromatic N) is 2. The van der Waals surface area contributed by atoms with Gasteiger partial charge in [-0.2, -0.15) is 0 Å². The summed E-state index contributed by atoms with van der Waals surface area (Å²) in [6.07, 6.45) is 0.896. The number of rotatable bonds is 5. The normalized spacial score (nSPS) is 21.3. The van der Waals surface area contributed by atoms with Gasteiger partial charge in [0, 0.05) is 25.2 Å². The molecule has 0 spiro atoms. The van der Waals surface area contributed by atoms with Crippen molar-refractivity contribution in [1.29, 1.82) is 0 Å². The summed E-state index contributed by atoms with van der Waals surface area (Å²) in [5.41, 5.74) is 5.69. The highest BCUT2D eigenvalue weighted by atomic mass is 16.6. The topological polar surface area (TPSA) is 98.7 Å². The van der Waals surface area contributed by atoms with Gasteiger partial charge in [0.1, 0.15) is 5.75 Å². The Morgan fingerprint density at radius 2 is 2.14 bits per heavy atom. The van der Waals surface area contributed by atoms with Gasteiger partial charge in [0.05, 0.1) is 4.92 Å². The van der Waals surface area contributed by atoms with Crippen molar-refractivity contribution in [3.63, 3.8) is 0 Å². The summed E-state index contributed by atoms with van der Waals surface area (Å²) in [6.45, 7) is 3.89. The van der Waals surface area contributed by atoms with Crippen LogP contribution in [-0.2, 0) is 4.79 Å². The average Bonchev–Trinajstić information content (AvgIpc) is 2.88. The van der Waals surface area contributed by atoms with Crippen LogP contribution in [0.2, 0.25) is 0 Å². The van der Waals surface area contributed by atoms with Gasteiger partial charge in [0.2, 0.25) is 0 Å². The van der Waals surface area contributed by atoms with Gasteiger partial charge >= 0.3 is 0 Å². The van der Waals surface area contributed by atoms with Crippen molar-refractivity contribution in [2.75, 3.05) is 26.2 Å². The largest absolute Gasteiger partial charge is 0.484 e. The van der Waals surface area contributed by atoms with Gasteiger partial charge in [-0.1, -0.05) is 6.92 Å². The highest BCUT2D eigenvalue weighted by Crippen LogP contribution is 2.28. The molecule has 1 saturated heterocycles. The number of hydrogen-bond donors (Lipinski definition) is 1. The lowest BCUT2D eigenvalue weighted by Gasteiger charge is -2.22. The average molecular weight is 293 g/mol. The number of nitro benzene ring substituents is 1. The number of nitro groups is 1. The summed E-state index contributed by atoms with van der Waals surface area (Å²) in [5, 5.41) is 10.5. The molecule has 21 heavy (non-hydrogen) atoms. The fourth-order valence-corrected chi connectivity index (χ4v) is 2.30. The number of benzene rings is 1. The number of non-ortho nitro benzene ring substituents is 1. The minimum absolute atomic E-state index is 0.00747. The van der Waals surface area contributed by atoms with Crippen LogP contribution in [-0.4, -0.2) is 42.0 Å². The minimum atomic E-state index is -0.479. The standard InChI is InChI=1S/C14H19N3O4/c1-14(9-15)6-7-16(10-14)13(18)8-21-12-4-2-11(3-5-12)17(19)20/h2-5H,6-10,15H2,1H3. The molecule has 1 aromatic carbocycles. The van der Waals surface area contributed by atoms with Crippen LogP contribution in [0.3, 0.4) is 0 Å². The second kappa shape index (κ2) is 6.09. The Kier molecular flexibility index (Phi) is 4.42. The molecule has 0 aliphatic carbocycles. The van der Waals surface area contributed by atoms with Crippen LogP contribution in [0, 0.1) is 15.5 Å². The van der Waals surface area contributed by atoms with Crippen molar-refractivity contribution in [1.82, 2.24) is 4.90 Å². The zero-order valence-electron chi connectivity index (χ0n) is 11.9. The molecule has 1 atom stereocenters. The fraction of sp³-hybridized carbons (Fsp3) is 0.500. The Balaban J connectivity index is 1.86. The molecule has 7 nitrogen and oxygen atoms in total. The number of hydrogen-bond acceptors (Lipinski definition) is 5. The molecular formula is C14H19N3O4. The number of carbonyl (C=O) groups excluding carboxylic acids is 1. The third kappa shape index (κ3) is 3.69. The molecule has 2 rings (SSSR count). The zero-order chi connectivity index (χ0) is 15.5. The van der Waals surface area contributed by atoms with Crippen LogP contribution in [0.4, 0.5) is 5.69 Å². The van der Waals surface area contributed by atoms with Gasteiger partial charge in [-0.15, -0.1) is 0 Å². The number of likely N-dealkylation sites (tertiary alicyclic amines) is 1. The Morgan fingerprint density at radius 3 is 2.67 bits per heavy atom. The quantitative estimate of drug-likeness (QED) is 0.649. The van der Waals surface area contributed by atoms with Crippen molar-refractivity contribution in [2.45, 2.75) is 13.3 Å². The summed E-state index contributed by atoms with van der Waals surface area (Å²) in [7, 11) is 0. The molecular weight excluding hydrogens is 274 g/mol. The first kappa shape index (κ1) is 15.2. The molecule has 114 valence electrons. The van der Waals surface area contributed by atoms with Crippen LogP contribution in [0.1, 0.15) is 13.3 Å². The number of nitrogens with two attached hydrogens (primary N) is 1. The van der Waals surface area contributed by atoms with Crippen LogP contribution >= 0.6 is 0 Å². The molecule has 0 saturated carbocycles. The Bertz CT molecular complexity index is 532. The first-order valence-electron chi connectivity index (χ1n) is 6.79. The van der Waals surface area contributed by atoms with Crippen molar-refractivity contribution in [3.8, 4) is 5.75 Å². The van der Waals surface area contributed by atoms with Crippen molar-refractivity contribution < 1.29 is 14.5 Å². The summed E-state index contributed by atoms with van der Waals surface area (Å²) < 4.78 is 5.37. The molecule has 7 heteroatoms. The molecule has 2 N–H and O–H groups in total. The first-order valence-corrected chi connectivity index (χ1v) is 6.79. The molecule has 0 aromatic heterocycles. The maximum absolute atomic E-state index is 12.0. The van der Waals surface area contributed by atoms with Gasteiger partial charge in [-0.05, 0) is 30.5 Å². The second-order valence-electron chi connectivity index (χ2n) is 5.62. The molecule has 1 heterocycles. The van der Waals surface area contributed by atoms with E-state index in [0.29, 0.717) is 25.4 Å². The van der Waals surface area contributed by atoms with Gasteiger partial charge in [-0.25, -0.2) is 0 Å². The van der Waals surface area contributed by atoms with Gasteiger partial charge < -0.3 is 15.4 Å². The van der Waals surface area contributed by atoms with Crippen molar-refractivity contribution >= 4 is 11.6 Å². The molecule has 1 amide bonds. The second-order valence-corrected chi connectivity index (χ2v) is 5.62. The fourth-order valence-electron chi connectivity index (χ4n) is 2.30. The highest BCUT2D eigenvalue weighted by Gasteiger charge is 2.34. The van der Waals surface area contributed by atoms with E-state index in [2.05, 4.69) is 6.92 Å². The van der Waals surface area contributed by atoms with Crippen LogP contribution in [0.15, 0.2) is 24.3 Å². The summed E-state index contributed by atoms with van der Waals surface area (Å²) in [4.78, 5) is 23.9. The van der Waals surface area contributed by atoms with Gasteiger partial charge in [0.25, 0.3) is 11.6 Å². The van der Waals surface area contributed by atoms with E-state index in [1.807, 2.05) is 0 Å². The van der Waals surface area contributed by atoms with Crippen molar-refractivity contribution in [3.05, 3.63) is 34.4 Å².